The lowest BCUT2D eigenvalue weighted by molar-refractivity contribution is 0.313. The highest BCUT2D eigenvalue weighted by molar-refractivity contribution is 6.00. The Balaban J connectivity index is 3.15. The summed E-state index contributed by atoms with van der Waals surface area (Å²) in [5.41, 5.74) is 6.91. The van der Waals surface area contributed by atoms with E-state index in [0.29, 0.717) is 23.7 Å². The molecule has 0 aromatic heterocycles. The Morgan fingerprint density at radius 3 is 2.76 bits per heavy atom. The van der Waals surface area contributed by atoms with Gasteiger partial charge in [0.15, 0.2) is 17.3 Å². The molecule has 0 spiro atoms. The number of nitrogens with zero attached hydrogens (tertiary/aromatic N) is 1. The molecular weight excluding hydrogens is 220 g/mol. The fraction of sp³-hybridized carbons (Fsp3) is 0.250. The van der Waals surface area contributed by atoms with E-state index in [1.165, 1.54) is 7.11 Å². The molecule has 0 unspecified atom stereocenters. The van der Waals surface area contributed by atoms with E-state index in [1.54, 1.807) is 18.2 Å². The predicted octanol–water partition coefficient (Wildman–Crippen LogP) is 1.74. The van der Waals surface area contributed by atoms with Gasteiger partial charge in [-0.25, -0.2) is 0 Å². The van der Waals surface area contributed by atoms with E-state index in [9.17, 15) is 0 Å². The summed E-state index contributed by atoms with van der Waals surface area (Å²) in [5, 5.41) is 11.7. The Hall–Kier alpha value is -2.17. The van der Waals surface area contributed by atoms with Crippen LogP contribution in [-0.4, -0.2) is 24.8 Å². The quantitative estimate of drug-likeness (QED) is 0.268. The normalized spacial score (nSPS) is 11.1. The number of nitrogens with two attached hydrogens (primary N) is 1. The molecule has 92 valence electrons. The number of methoxy groups -OCH3 is 1. The lowest BCUT2D eigenvalue weighted by atomic mass is 10.1. The van der Waals surface area contributed by atoms with Crippen LogP contribution in [0.4, 0.5) is 0 Å². The maximum absolute atomic E-state index is 8.70. The predicted molar refractivity (Wildman–Crippen MR) is 65.8 cm³/mol. The third-order valence-electron chi connectivity index (χ3n) is 2.05. The molecule has 1 rings (SSSR count). The minimum atomic E-state index is -0.0272. The Morgan fingerprint density at radius 1 is 1.53 bits per heavy atom. The Bertz CT molecular complexity index is 441. The van der Waals surface area contributed by atoms with Crippen LogP contribution in [0.25, 0.3) is 0 Å². The molecular formula is C12H16N2O3. The van der Waals surface area contributed by atoms with Crippen molar-refractivity contribution in [1.82, 2.24) is 0 Å². The molecule has 0 saturated heterocycles. The van der Waals surface area contributed by atoms with Crippen molar-refractivity contribution in [2.24, 2.45) is 10.9 Å². The first-order valence-electron chi connectivity index (χ1n) is 5.02. The zero-order valence-electron chi connectivity index (χ0n) is 9.93. The van der Waals surface area contributed by atoms with Gasteiger partial charge >= 0.3 is 0 Å². The largest absolute Gasteiger partial charge is 0.493 e. The molecule has 0 radical (unpaired) electrons. The van der Waals surface area contributed by atoms with E-state index in [2.05, 4.69) is 11.7 Å². The smallest absolute Gasteiger partial charge is 0.173 e. The molecule has 5 heteroatoms. The first kappa shape index (κ1) is 12.9. The molecule has 0 saturated carbocycles. The minimum absolute atomic E-state index is 0.0272. The number of benzene rings is 1. The number of para-hydroxylation sites is 1. The summed E-state index contributed by atoms with van der Waals surface area (Å²) in [4.78, 5) is 0. The first-order chi connectivity index (χ1) is 8.10. The highest BCUT2D eigenvalue weighted by Gasteiger charge is 2.13. The van der Waals surface area contributed by atoms with Gasteiger partial charge < -0.3 is 20.4 Å². The number of oxime groups is 1. The molecule has 0 bridgehead atoms. The molecule has 0 amide bonds. The van der Waals surface area contributed by atoms with Crippen LogP contribution >= 0.6 is 0 Å². The van der Waals surface area contributed by atoms with Crippen LogP contribution in [0.1, 0.15) is 12.5 Å². The van der Waals surface area contributed by atoms with Gasteiger partial charge in [-0.15, -0.1) is 0 Å². The van der Waals surface area contributed by atoms with Gasteiger partial charge in [-0.3, -0.25) is 0 Å². The van der Waals surface area contributed by atoms with E-state index in [0.717, 1.165) is 5.57 Å². The summed E-state index contributed by atoms with van der Waals surface area (Å²) in [6, 6.07) is 5.16. The highest BCUT2D eigenvalue weighted by atomic mass is 16.5. The van der Waals surface area contributed by atoms with Crippen LogP contribution in [-0.2, 0) is 0 Å². The molecule has 1 aromatic carbocycles. The van der Waals surface area contributed by atoms with Crippen LogP contribution in [0, 0.1) is 0 Å². The summed E-state index contributed by atoms with van der Waals surface area (Å²) < 4.78 is 10.7. The van der Waals surface area contributed by atoms with Gasteiger partial charge in [0.1, 0.15) is 6.61 Å². The minimum Gasteiger partial charge on any atom is -0.493 e. The van der Waals surface area contributed by atoms with Gasteiger partial charge in [-0.1, -0.05) is 17.8 Å². The Kier molecular flexibility index (Phi) is 4.39. The summed E-state index contributed by atoms with van der Waals surface area (Å²) >= 11 is 0. The highest BCUT2D eigenvalue weighted by Crippen LogP contribution is 2.31. The third kappa shape index (κ3) is 3.14. The van der Waals surface area contributed by atoms with Gasteiger partial charge in [0.25, 0.3) is 0 Å². The second kappa shape index (κ2) is 5.79. The van der Waals surface area contributed by atoms with E-state index in [-0.39, 0.29) is 5.84 Å². The number of amidine groups is 1. The number of hydrogen-bond acceptors (Lipinski definition) is 4. The monoisotopic (exact) mass is 236 g/mol. The van der Waals surface area contributed by atoms with Crippen molar-refractivity contribution in [3.63, 3.8) is 0 Å². The molecule has 0 atom stereocenters. The maximum Gasteiger partial charge on any atom is 0.173 e. The maximum atomic E-state index is 8.70. The zero-order valence-corrected chi connectivity index (χ0v) is 9.93. The van der Waals surface area contributed by atoms with Gasteiger partial charge in [-0.05, 0) is 24.6 Å². The average molecular weight is 236 g/mol. The molecule has 0 fully saturated rings. The fourth-order valence-electron chi connectivity index (χ4n) is 1.28. The average Bonchev–Trinajstić information content (AvgIpc) is 2.34. The molecule has 0 aliphatic rings. The van der Waals surface area contributed by atoms with Crippen molar-refractivity contribution in [3.05, 3.63) is 35.9 Å². The van der Waals surface area contributed by atoms with E-state index >= 15 is 0 Å². The third-order valence-corrected chi connectivity index (χ3v) is 2.05. The summed E-state index contributed by atoms with van der Waals surface area (Å²) in [7, 11) is 1.53. The van der Waals surface area contributed by atoms with Gasteiger partial charge in [0, 0.05) is 0 Å². The zero-order chi connectivity index (χ0) is 12.8. The standard InChI is InChI=1S/C12H16N2O3/c1-8(2)7-17-11-9(12(13)14-15)5-4-6-10(11)16-3/h4-6,15H,1,7H2,2-3H3,(H2,13,14). The van der Waals surface area contributed by atoms with Crippen LogP contribution < -0.4 is 15.2 Å². The summed E-state index contributed by atoms with van der Waals surface area (Å²) in [6.07, 6.45) is 0. The Labute approximate surface area is 100 Å². The van der Waals surface area contributed by atoms with Crippen molar-refractivity contribution in [2.75, 3.05) is 13.7 Å². The number of hydrogen-bond donors (Lipinski definition) is 2. The molecule has 0 heterocycles. The van der Waals surface area contributed by atoms with Crippen LogP contribution in [0.15, 0.2) is 35.5 Å². The SMILES string of the molecule is C=C(C)COc1c(OC)cccc1/C(N)=N/O. The van der Waals surface area contributed by atoms with Crippen molar-refractivity contribution in [2.45, 2.75) is 6.92 Å². The first-order valence-corrected chi connectivity index (χ1v) is 5.02. The number of rotatable bonds is 5. The van der Waals surface area contributed by atoms with E-state index in [4.69, 9.17) is 20.4 Å². The molecule has 3 N–H and O–H groups in total. The van der Waals surface area contributed by atoms with E-state index in [1.807, 2.05) is 6.92 Å². The molecule has 5 nitrogen and oxygen atoms in total. The molecule has 0 aliphatic carbocycles. The van der Waals surface area contributed by atoms with Crippen molar-refractivity contribution < 1.29 is 14.7 Å². The van der Waals surface area contributed by atoms with Crippen molar-refractivity contribution in [3.8, 4) is 11.5 Å². The topological polar surface area (TPSA) is 77.1 Å². The Morgan fingerprint density at radius 2 is 2.24 bits per heavy atom. The number of ether oxygens (including phenoxy) is 2. The van der Waals surface area contributed by atoms with Crippen LogP contribution in [0.3, 0.4) is 0 Å². The van der Waals surface area contributed by atoms with Crippen molar-refractivity contribution in [1.29, 1.82) is 0 Å². The van der Waals surface area contributed by atoms with Crippen LogP contribution in [0.2, 0.25) is 0 Å². The lowest BCUT2D eigenvalue weighted by Crippen LogP contribution is -2.15. The second-order valence-electron chi connectivity index (χ2n) is 3.57. The molecule has 0 aliphatic heterocycles. The van der Waals surface area contributed by atoms with E-state index < -0.39 is 0 Å². The fourth-order valence-corrected chi connectivity index (χ4v) is 1.28. The van der Waals surface area contributed by atoms with Gasteiger partial charge in [0.05, 0.1) is 12.7 Å². The van der Waals surface area contributed by atoms with Gasteiger partial charge in [-0.2, -0.15) is 0 Å². The van der Waals surface area contributed by atoms with Crippen molar-refractivity contribution >= 4 is 5.84 Å². The molecule has 17 heavy (non-hydrogen) atoms. The second-order valence-corrected chi connectivity index (χ2v) is 3.57. The summed E-state index contributed by atoms with van der Waals surface area (Å²) in [5.74, 6) is 0.935. The van der Waals surface area contributed by atoms with Crippen LogP contribution in [0.5, 0.6) is 11.5 Å². The molecule has 1 aromatic rings. The lowest BCUT2D eigenvalue weighted by Gasteiger charge is -2.14. The van der Waals surface area contributed by atoms with Gasteiger partial charge in [0.2, 0.25) is 0 Å². The summed E-state index contributed by atoms with van der Waals surface area (Å²) in [6.45, 7) is 5.93.